The molecule has 0 unspecified atom stereocenters. The molecule has 2 atom stereocenters. The van der Waals surface area contributed by atoms with Gasteiger partial charge in [0.25, 0.3) is 0 Å². The molecular weight excluding hydrogens is 296 g/mol. The Bertz CT molecular complexity index is 422. The van der Waals surface area contributed by atoms with E-state index < -0.39 is 46.9 Å². The molecular formula is C14H22O8. The molecule has 0 aliphatic heterocycles. The highest BCUT2D eigenvalue weighted by atomic mass is 16.6. The first kappa shape index (κ1) is 19.9. The highest BCUT2D eigenvalue weighted by Crippen LogP contribution is 2.21. The van der Waals surface area contributed by atoms with Gasteiger partial charge in [0.1, 0.15) is 0 Å². The van der Waals surface area contributed by atoms with Crippen LogP contribution in [0.15, 0.2) is 0 Å². The van der Waals surface area contributed by atoms with Crippen molar-refractivity contribution in [3.8, 4) is 0 Å². The van der Waals surface area contributed by atoms with Gasteiger partial charge >= 0.3 is 23.9 Å². The lowest BCUT2D eigenvalue weighted by Gasteiger charge is -2.26. The molecule has 0 aliphatic rings. The van der Waals surface area contributed by atoms with E-state index in [1.165, 1.54) is 41.5 Å². The first-order valence-electron chi connectivity index (χ1n) is 6.55. The summed E-state index contributed by atoms with van der Waals surface area (Å²) in [5.74, 6) is -5.27. The van der Waals surface area contributed by atoms with Gasteiger partial charge in [0.15, 0.2) is 0 Å². The minimum atomic E-state index is -2.13. The van der Waals surface area contributed by atoms with E-state index in [0.717, 1.165) is 0 Å². The van der Waals surface area contributed by atoms with Crippen molar-refractivity contribution in [3.05, 3.63) is 0 Å². The number of rotatable bonds is 5. The standard InChI is InChI=1S/C14H22O8/c1-13(2,3)11(19)21-7(9(15)16)8(10(17)18)22-12(20)14(4,5)6/h7-8H,1-6H3,(H,15,16)(H,17,18)/t7-,8-/m1/s1. The molecule has 0 spiro atoms. The van der Waals surface area contributed by atoms with E-state index in [2.05, 4.69) is 0 Å². The third kappa shape index (κ3) is 5.71. The average molecular weight is 318 g/mol. The van der Waals surface area contributed by atoms with Crippen LogP contribution in [-0.4, -0.2) is 46.3 Å². The number of carbonyl (C=O) groups is 4. The van der Waals surface area contributed by atoms with Crippen LogP contribution in [0.3, 0.4) is 0 Å². The molecule has 0 saturated heterocycles. The first-order valence-corrected chi connectivity index (χ1v) is 6.55. The maximum absolute atomic E-state index is 11.8. The number of esters is 2. The van der Waals surface area contributed by atoms with Gasteiger partial charge < -0.3 is 19.7 Å². The number of hydrogen-bond donors (Lipinski definition) is 2. The van der Waals surface area contributed by atoms with Crippen LogP contribution in [0.25, 0.3) is 0 Å². The van der Waals surface area contributed by atoms with Crippen LogP contribution in [0.2, 0.25) is 0 Å². The minimum Gasteiger partial charge on any atom is -0.478 e. The Morgan fingerprint density at radius 3 is 1.05 bits per heavy atom. The fourth-order valence-electron chi connectivity index (χ4n) is 1.07. The summed E-state index contributed by atoms with van der Waals surface area (Å²) in [6.07, 6.45) is -4.26. The normalized spacial score (nSPS) is 14.6. The lowest BCUT2D eigenvalue weighted by atomic mass is 9.96. The molecule has 0 aliphatic carbocycles. The largest absolute Gasteiger partial charge is 0.478 e. The van der Waals surface area contributed by atoms with Gasteiger partial charge in [-0.25, -0.2) is 9.59 Å². The molecule has 0 saturated carbocycles. The molecule has 0 aromatic carbocycles. The SMILES string of the molecule is CC(C)(C)C(=O)O[C@@H](C(=O)O)[C@@H](OC(=O)C(C)(C)C)C(=O)O. The predicted molar refractivity (Wildman–Crippen MR) is 73.9 cm³/mol. The predicted octanol–water partition coefficient (Wildman–Crippen LogP) is 1.07. The highest BCUT2D eigenvalue weighted by Gasteiger charge is 2.43. The van der Waals surface area contributed by atoms with E-state index in [0.29, 0.717) is 0 Å². The third-order valence-corrected chi connectivity index (χ3v) is 2.45. The lowest BCUT2D eigenvalue weighted by molar-refractivity contribution is -0.193. The van der Waals surface area contributed by atoms with Crippen molar-refractivity contribution in [3.63, 3.8) is 0 Å². The summed E-state index contributed by atoms with van der Waals surface area (Å²) in [5.41, 5.74) is -2.07. The Morgan fingerprint density at radius 2 is 0.909 bits per heavy atom. The van der Waals surface area contributed by atoms with Gasteiger partial charge in [-0.3, -0.25) is 9.59 Å². The van der Waals surface area contributed by atoms with Gasteiger partial charge in [0.05, 0.1) is 10.8 Å². The molecule has 126 valence electrons. The van der Waals surface area contributed by atoms with Gasteiger partial charge in [-0.1, -0.05) is 0 Å². The Morgan fingerprint density at radius 1 is 0.682 bits per heavy atom. The van der Waals surface area contributed by atoms with Crippen LogP contribution in [0.5, 0.6) is 0 Å². The van der Waals surface area contributed by atoms with Gasteiger partial charge in [-0.05, 0) is 41.5 Å². The second kappa shape index (κ2) is 6.76. The quantitative estimate of drug-likeness (QED) is 0.721. The first-order chi connectivity index (χ1) is 9.67. The van der Waals surface area contributed by atoms with Gasteiger partial charge in [-0.15, -0.1) is 0 Å². The zero-order valence-electron chi connectivity index (χ0n) is 13.5. The summed E-state index contributed by atoms with van der Waals surface area (Å²) in [6.45, 7) is 8.86. The lowest BCUT2D eigenvalue weighted by Crippen LogP contribution is -2.48. The van der Waals surface area contributed by atoms with Gasteiger partial charge in [-0.2, -0.15) is 0 Å². The maximum atomic E-state index is 11.8. The smallest absolute Gasteiger partial charge is 0.349 e. The van der Waals surface area contributed by atoms with E-state index in [-0.39, 0.29) is 0 Å². The van der Waals surface area contributed by atoms with Crippen molar-refractivity contribution in [1.29, 1.82) is 0 Å². The van der Waals surface area contributed by atoms with E-state index in [1.54, 1.807) is 0 Å². The minimum absolute atomic E-state index is 0.919. The van der Waals surface area contributed by atoms with Gasteiger partial charge in [0.2, 0.25) is 12.2 Å². The van der Waals surface area contributed by atoms with Crippen molar-refractivity contribution in [1.82, 2.24) is 0 Å². The monoisotopic (exact) mass is 318 g/mol. The Balaban J connectivity index is 5.39. The topological polar surface area (TPSA) is 127 Å². The zero-order chi connectivity index (χ0) is 17.9. The molecule has 0 bridgehead atoms. The van der Waals surface area contributed by atoms with E-state index in [4.69, 9.17) is 19.7 Å². The van der Waals surface area contributed by atoms with Gasteiger partial charge in [0, 0.05) is 0 Å². The highest BCUT2D eigenvalue weighted by molar-refractivity contribution is 5.89. The van der Waals surface area contributed by atoms with Crippen molar-refractivity contribution in [2.24, 2.45) is 10.8 Å². The van der Waals surface area contributed by atoms with Crippen LogP contribution in [0, 0.1) is 10.8 Å². The summed E-state index contributed by atoms with van der Waals surface area (Å²) < 4.78 is 9.43. The van der Waals surface area contributed by atoms with Crippen molar-refractivity contribution in [2.45, 2.75) is 53.8 Å². The molecule has 2 N–H and O–H groups in total. The van der Waals surface area contributed by atoms with E-state index in [9.17, 15) is 19.2 Å². The summed E-state index contributed by atoms with van der Waals surface area (Å²) in [4.78, 5) is 46.0. The number of ether oxygens (including phenoxy) is 2. The molecule has 0 aromatic heterocycles. The number of carboxylic acid groups (broad SMARTS) is 2. The molecule has 0 heterocycles. The fraction of sp³-hybridized carbons (Fsp3) is 0.714. The Hall–Kier alpha value is -2.12. The maximum Gasteiger partial charge on any atom is 0.349 e. The average Bonchev–Trinajstić information content (AvgIpc) is 2.29. The number of carboxylic acids is 2. The van der Waals surface area contributed by atoms with Crippen LogP contribution in [0.1, 0.15) is 41.5 Å². The summed E-state index contributed by atoms with van der Waals surface area (Å²) >= 11 is 0. The summed E-state index contributed by atoms with van der Waals surface area (Å²) in [5, 5.41) is 18.2. The molecule has 0 rings (SSSR count). The molecule has 8 nitrogen and oxygen atoms in total. The van der Waals surface area contributed by atoms with Crippen molar-refractivity contribution < 1.29 is 38.9 Å². The van der Waals surface area contributed by atoms with Crippen LogP contribution >= 0.6 is 0 Å². The number of hydrogen-bond acceptors (Lipinski definition) is 6. The molecule has 0 fully saturated rings. The Kier molecular flexibility index (Phi) is 6.11. The van der Waals surface area contributed by atoms with Crippen LogP contribution < -0.4 is 0 Å². The molecule has 8 heteroatoms. The molecule has 0 radical (unpaired) electrons. The molecule has 0 amide bonds. The van der Waals surface area contributed by atoms with Crippen LogP contribution in [0.4, 0.5) is 0 Å². The molecule has 22 heavy (non-hydrogen) atoms. The zero-order valence-corrected chi connectivity index (χ0v) is 13.5. The Labute approximate surface area is 128 Å². The summed E-state index contributed by atoms with van der Waals surface area (Å²) in [7, 11) is 0. The number of aliphatic carboxylic acids is 2. The van der Waals surface area contributed by atoms with E-state index in [1.807, 2.05) is 0 Å². The summed E-state index contributed by atoms with van der Waals surface area (Å²) in [6, 6.07) is 0. The van der Waals surface area contributed by atoms with Crippen molar-refractivity contribution >= 4 is 23.9 Å². The third-order valence-electron chi connectivity index (χ3n) is 2.45. The second-order valence-electron chi connectivity index (χ2n) is 6.83. The van der Waals surface area contributed by atoms with Crippen molar-refractivity contribution in [2.75, 3.05) is 0 Å². The number of carbonyl (C=O) groups excluding carboxylic acids is 2. The second-order valence-corrected chi connectivity index (χ2v) is 6.83. The fourth-order valence-corrected chi connectivity index (χ4v) is 1.07. The van der Waals surface area contributed by atoms with Crippen LogP contribution in [-0.2, 0) is 28.7 Å². The van der Waals surface area contributed by atoms with E-state index >= 15 is 0 Å². The molecule has 0 aromatic rings.